The van der Waals surface area contributed by atoms with E-state index in [0.717, 1.165) is 56.8 Å². The Kier molecular flexibility index (Phi) is 4.81. The summed E-state index contributed by atoms with van der Waals surface area (Å²) in [6.45, 7) is 5.07. The number of aromatic nitrogens is 2. The molecule has 5 heteroatoms. The summed E-state index contributed by atoms with van der Waals surface area (Å²) < 4.78 is 0. The highest BCUT2D eigenvalue weighted by molar-refractivity contribution is 5.66. The van der Waals surface area contributed by atoms with Crippen molar-refractivity contribution in [2.75, 3.05) is 24.5 Å². The zero-order chi connectivity index (χ0) is 18.1. The van der Waals surface area contributed by atoms with E-state index < -0.39 is 0 Å². The summed E-state index contributed by atoms with van der Waals surface area (Å²) in [7, 11) is 0. The van der Waals surface area contributed by atoms with Crippen molar-refractivity contribution >= 4 is 5.82 Å². The Hall–Kier alpha value is -2.14. The van der Waals surface area contributed by atoms with Crippen molar-refractivity contribution in [3.63, 3.8) is 0 Å². The molecule has 4 rings (SSSR count). The van der Waals surface area contributed by atoms with Crippen LogP contribution >= 0.6 is 0 Å². The number of nitrogens with zero attached hydrogens (tertiary/aromatic N) is 3. The number of para-hydroxylation sites is 1. The molecule has 1 aromatic carbocycles. The standard InChI is InChI=1S/C21H28N4O/c1-14-6-7-16-18(12-14)23-20(17-4-2-3-5-19(17)26)24-21(16)25-10-8-15(13-22)9-11-25/h2-5,14-15,26H,6-13,22H2,1H3. The number of anilines is 1. The van der Waals surface area contributed by atoms with Gasteiger partial charge in [-0.2, -0.15) is 0 Å². The second-order valence-corrected chi connectivity index (χ2v) is 7.83. The van der Waals surface area contributed by atoms with E-state index in [0.29, 0.717) is 23.2 Å². The number of nitrogens with two attached hydrogens (primary N) is 1. The first kappa shape index (κ1) is 17.3. The molecule has 0 amide bonds. The Morgan fingerprint density at radius 3 is 2.65 bits per heavy atom. The fourth-order valence-corrected chi connectivity index (χ4v) is 4.19. The van der Waals surface area contributed by atoms with Gasteiger partial charge in [-0.15, -0.1) is 0 Å². The van der Waals surface area contributed by atoms with E-state index in [1.54, 1.807) is 6.07 Å². The molecule has 3 N–H and O–H groups in total. The molecule has 0 radical (unpaired) electrons. The van der Waals surface area contributed by atoms with Crippen LogP contribution in [0.15, 0.2) is 24.3 Å². The SMILES string of the molecule is CC1CCc2c(nc(-c3ccccc3O)nc2N2CCC(CN)CC2)C1. The number of benzene rings is 1. The van der Waals surface area contributed by atoms with Gasteiger partial charge < -0.3 is 15.7 Å². The predicted octanol–water partition coefficient (Wildman–Crippen LogP) is 3.15. The molecule has 0 saturated carbocycles. The van der Waals surface area contributed by atoms with Gasteiger partial charge in [0.1, 0.15) is 11.6 Å². The Balaban J connectivity index is 1.76. The Bertz CT molecular complexity index is 784. The first-order valence-electron chi connectivity index (χ1n) is 9.79. The third kappa shape index (κ3) is 3.28. The number of hydrogen-bond acceptors (Lipinski definition) is 5. The highest BCUT2D eigenvalue weighted by atomic mass is 16.3. The normalized spacial score (nSPS) is 20.8. The lowest BCUT2D eigenvalue weighted by atomic mass is 9.87. The molecule has 1 unspecified atom stereocenters. The minimum atomic E-state index is 0.240. The third-order valence-corrected chi connectivity index (χ3v) is 5.89. The van der Waals surface area contributed by atoms with E-state index in [9.17, 15) is 5.11 Å². The maximum Gasteiger partial charge on any atom is 0.165 e. The molecular weight excluding hydrogens is 324 g/mol. The minimum absolute atomic E-state index is 0.240. The maximum absolute atomic E-state index is 10.3. The predicted molar refractivity (Wildman–Crippen MR) is 104 cm³/mol. The third-order valence-electron chi connectivity index (χ3n) is 5.89. The second-order valence-electron chi connectivity index (χ2n) is 7.83. The zero-order valence-corrected chi connectivity index (χ0v) is 15.5. The number of piperidine rings is 1. The molecule has 2 heterocycles. The average molecular weight is 352 g/mol. The Morgan fingerprint density at radius 2 is 1.92 bits per heavy atom. The molecule has 5 nitrogen and oxygen atoms in total. The fourth-order valence-electron chi connectivity index (χ4n) is 4.19. The first-order valence-corrected chi connectivity index (χ1v) is 9.79. The van der Waals surface area contributed by atoms with Gasteiger partial charge >= 0.3 is 0 Å². The number of hydrogen-bond donors (Lipinski definition) is 2. The number of rotatable bonds is 3. The summed E-state index contributed by atoms with van der Waals surface area (Å²) in [6.07, 6.45) is 5.47. The number of fused-ring (bicyclic) bond motifs is 1. The van der Waals surface area contributed by atoms with E-state index in [2.05, 4.69) is 11.8 Å². The molecule has 1 saturated heterocycles. The molecular formula is C21H28N4O. The van der Waals surface area contributed by atoms with Gasteiger partial charge in [0.25, 0.3) is 0 Å². The number of phenols is 1. The molecule has 1 fully saturated rings. The van der Waals surface area contributed by atoms with Crippen LogP contribution in [0.25, 0.3) is 11.4 Å². The molecule has 138 valence electrons. The van der Waals surface area contributed by atoms with Gasteiger partial charge in [0.05, 0.1) is 11.3 Å². The van der Waals surface area contributed by atoms with Crippen molar-refractivity contribution < 1.29 is 5.11 Å². The van der Waals surface area contributed by atoms with Gasteiger partial charge in [0, 0.05) is 18.7 Å². The van der Waals surface area contributed by atoms with Gasteiger partial charge in [-0.3, -0.25) is 0 Å². The summed E-state index contributed by atoms with van der Waals surface area (Å²) in [5.41, 5.74) is 9.05. The van der Waals surface area contributed by atoms with Crippen molar-refractivity contribution in [1.82, 2.24) is 9.97 Å². The molecule has 1 aromatic heterocycles. The van der Waals surface area contributed by atoms with Crippen molar-refractivity contribution in [3.8, 4) is 17.1 Å². The molecule has 1 aliphatic heterocycles. The Labute approximate surface area is 155 Å². The Morgan fingerprint density at radius 1 is 1.15 bits per heavy atom. The summed E-state index contributed by atoms with van der Waals surface area (Å²) in [5, 5.41) is 10.3. The van der Waals surface area contributed by atoms with Crippen molar-refractivity contribution in [3.05, 3.63) is 35.5 Å². The van der Waals surface area contributed by atoms with E-state index in [1.165, 1.54) is 12.0 Å². The molecule has 2 aromatic rings. The maximum atomic E-state index is 10.3. The van der Waals surface area contributed by atoms with Crippen LogP contribution in [0, 0.1) is 11.8 Å². The van der Waals surface area contributed by atoms with Crippen LogP contribution in [-0.2, 0) is 12.8 Å². The first-order chi connectivity index (χ1) is 12.7. The van der Waals surface area contributed by atoms with Crippen LogP contribution in [-0.4, -0.2) is 34.7 Å². The average Bonchev–Trinajstić information content (AvgIpc) is 2.67. The monoisotopic (exact) mass is 352 g/mol. The van der Waals surface area contributed by atoms with Gasteiger partial charge in [0.2, 0.25) is 0 Å². The molecule has 0 spiro atoms. The lowest BCUT2D eigenvalue weighted by Gasteiger charge is -2.35. The van der Waals surface area contributed by atoms with Crippen LogP contribution in [0.1, 0.15) is 37.4 Å². The van der Waals surface area contributed by atoms with Gasteiger partial charge in [-0.05, 0) is 62.6 Å². The van der Waals surface area contributed by atoms with E-state index in [-0.39, 0.29) is 5.75 Å². The van der Waals surface area contributed by atoms with Crippen molar-refractivity contribution in [2.24, 2.45) is 17.6 Å². The smallest absolute Gasteiger partial charge is 0.165 e. The summed E-state index contributed by atoms with van der Waals surface area (Å²) in [4.78, 5) is 12.2. The number of aromatic hydroxyl groups is 1. The molecule has 1 atom stereocenters. The minimum Gasteiger partial charge on any atom is -0.507 e. The summed E-state index contributed by atoms with van der Waals surface area (Å²) >= 11 is 0. The number of phenolic OH excluding ortho intramolecular Hbond substituents is 1. The lowest BCUT2D eigenvalue weighted by molar-refractivity contribution is 0.411. The molecule has 26 heavy (non-hydrogen) atoms. The van der Waals surface area contributed by atoms with Gasteiger partial charge in [0.15, 0.2) is 5.82 Å². The molecule has 2 aliphatic rings. The van der Waals surface area contributed by atoms with Gasteiger partial charge in [-0.25, -0.2) is 9.97 Å². The van der Waals surface area contributed by atoms with E-state index in [1.807, 2.05) is 18.2 Å². The van der Waals surface area contributed by atoms with E-state index >= 15 is 0 Å². The largest absolute Gasteiger partial charge is 0.507 e. The van der Waals surface area contributed by atoms with Crippen LogP contribution in [0.4, 0.5) is 5.82 Å². The summed E-state index contributed by atoms with van der Waals surface area (Å²) in [5.74, 6) is 3.23. The topological polar surface area (TPSA) is 75.3 Å². The van der Waals surface area contributed by atoms with Gasteiger partial charge in [-0.1, -0.05) is 19.1 Å². The summed E-state index contributed by atoms with van der Waals surface area (Å²) in [6, 6.07) is 7.35. The molecule has 1 aliphatic carbocycles. The van der Waals surface area contributed by atoms with Crippen molar-refractivity contribution in [2.45, 2.75) is 39.0 Å². The fraction of sp³-hybridized carbons (Fsp3) is 0.524. The second kappa shape index (κ2) is 7.23. The zero-order valence-electron chi connectivity index (χ0n) is 15.5. The van der Waals surface area contributed by atoms with E-state index in [4.69, 9.17) is 15.7 Å². The van der Waals surface area contributed by atoms with Crippen LogP contribution in [0.3, 0.4) is 0 Å². The van der Waals surface area contributed by atoms with Crippen LogP contribution < -0.4 is 10.6 Å². The van der Waals surface area contributed by atoms with Crippen LogP contribution in [0.5, 0.6) is 5.75 Å². The highest BCUT2D eigenvalue weighted by Gasteiger charge is 2.27. The lowest BCUT2D eigenvalue weighted by Crippen LogP contribution is -2.37. The highest BCUT2D eigenvalue weighted by Crippen LogP contribution is 2.35. The quantitative estimate of drug-likeness (QED) is 0.887. The molecule has 0 bridgehead atoms. The van der Waals surface area contributed by atoms with Crippen LogP contribution in [0.2, 0.25) is 0 Å². The van der Waals surface area contributed by atoms with Crippen molar-refractivity contribution in [1.29, 1.82) is 0 Å².